The molecule has 1 fully saturated rings. The van der Waals surface area contributed by atoms with Crippen molar-refractivity contribution in [3.8, 4) is 12.3 Å². The molecule has 0 heterocycles. The molecule has 1 unspecified atom stereocenters. The van der Waals surface area contributed by atoms with Gasteiger partial charge in [0.15, 0.2) is 0 Å². The molecule has 1 atom stereocenters. The van der Waals surface area contributed by atoms with Gasteiger partial charge in [-0.2, -0.15) is 0 Å². The van der Waals surface area contributed by atoms with Crippen LogP contribution in [-0.2, 0) is 0 Å². The van der Waals surface area contributed by atoms with Crippen molar-refractivity contribution in [2.45, 2.75) is 32.2 Å². The highest BCUT2D eigenvalue weighted by molar-refractivity contribution is 5.03. The molecule has 0 spiro atoms. The Morgan fingerprint density at radius 2 is 2.40 bits per heavy atom. The smallest absolute Gasteiger partial charge is 0.0715 e. The van der Waals surface area contributed by atoms with E-state index in [1.807, 2.05) is 0 Å². The molecular weight excluding hydrogens is 122 g/mol. The topological polar surface area (TPSA) is 12.0 Å². The van der Waals surface area contributed by atoms with Crippen LogP contribution in [0.3, 0.4) is 0 Å². The number of hydrogen-bond acceptors (Lipinski definition) is 1. The fourth-order valence-corrected chi connectivity index (χ4v) is 1.35. The van der Waals surface area contributed by atoms with Gasteiger partial charge in [0.2, 0.25) is 0 Å². The minimum Gasteiger partial charge on any atom is -0.304 e. The van der Waals surface area contributed by atoms with Crippen molar-refractivity contribution in [1.82, 2.24) is 5.32 Å². The molecule has 1 saturated carbocycles. The highest BCUT2D eigenvalue weighted by Crippen LogP contribution is 2.29. The highest BCUT2D eigenvalue weighted by Gasteiger charge is 2.24. The van der Waals surface area contributed by atoms with Gasteiger partial charge in [0.1, 0.15) is 0 Å². The molecule has 0 aromatic rings. The van der Waals surface area contributed by atoms with E-state index in [1.165, 1.54) is 19.3 Å². The molecule has 0 radical (unpaired) electrons. The Morgan fingerprint density at radius 1 is 1.70 bits per heavy atom. The number of terminal acetylenes is 1. The van der Waals surface area contributed by atoms with Crippen molar-refractivity contribution in [3.05, 3.63) is 0 Å². The van der Waals surface area contributed by atoms with Gasteiger partial charge in [0.25, 0.3) is 0 Å². The summed E-state index contributed by atoms with van der Waals surface area (Å²) in [7, 11) is 0. The van der Waals surface area contributed by atoms with Crippen molar-refractivity contribution in [1.29, 1.82) is 0 Å². The third-order valence-corrected chi connectivity index (χ3v) is 2.22. The minimum atomic E-state index is 0.346. The zero-order valence-corrected chi connectivity index (χ0v) is 6.56. The number of rotatable bonds is 3. The summed E-state index contributed by atoms with van der Waals surface area (Å²) in [4.78, 5) is 0. The molecule has 0 bridgehead atoms. The van der Waals surface area contributed by atoms with Crippen molar-refractivity contribution in [2.75, 3.05) is 6.54 Å². The van der Waals surface area contributed by atoms with Crippen LogP contribution in [0.1, 0.15) is 26.2 Å². The largest absolute Gasteiger partial charge is 0.304 e. The summed E-state index contributed by atoms with van der Waals surface area (Å²) in [5, 5.41) is 3.30. The van der Waals surface area contributed by atoms with E-state index in [2.05, 4.69) is 18.2 Å². The predicted molar refractivity (Wildman–Crippen MR) is 43.6 cm³/mol. The first-order valence-corrected chi connectivity index (χ1v) is 4.08. The maximum Gasteiger partial charge on any atom is 0.0715 e. The van der Waals surface area contributed by atoms with Gasteiger partial charge in [-0.3, -0.25) is 0 Å². The summed E-state index contributed by atoms with van der Waals surface area (Å²) in [5.74, 6) is 3.56. The van der Waals surface area contributed by atoms with Crippen molar-refractivity contribution >= 4 is 0 Å². The summed E-state index contributed by atoms with van der Waals surface area (Å²) in [5.41, 5.74) is 0. The lowest BCUT2D eigenvalue weighted by Crippen LogP contribution is -2.38. The SMILES string of the molecule is C#CC(NCC)C1CCC1. The van der Waals surface area contributed by atoms with Crippen LogP contribution in [0.5, 0.6) is 0 Å². The normalized spacial score (nSPS) is 21.2. The number of nitrogens with one attached hydrogen (secondary N) is 1. The quantitative estimate of drug-likeness (QED) is 0.580. The van der Waals surface area contributed by atoms with E-state index >= 15 is 0 Å². The average Bonchev–Trinajstić information content (AvgIpc) is 1.83. The molecule has 0 aliphatic heterocycles. The molecule has 1 rings (SSSR count). The van der Waals surface area contributed by atoms with Crippen LogP contribution < -0.4 is 5.32 Å². The first-order chi connectivity index (χ1) is 4.88. The van der Waals surface area contributed by atoms with E-state index < -0.39 is 0 Å². The van der Waals surface area contributed by atoms with Crippen molar-refractivity contribution < 1.29 is 0 Å². The van der Waals surface area contributed by atoms with Crippen molar-refractivity contribution in [3.63, 3.8) is 0 Å². The standard InChI is InChI=1S/C9H15N/c1-3-9(10-4-2)8-6-5-7-8/h1,8-10H,4-7H2,2H3. The maximum atomic E-state index is 5.36. The lowest BCUT2D eigenvalue weighted by atomic mass is 9.80. The Labute approximate surface area is 63.2 Å². The Bertz CT molecular complexity index is 130. The van der Waals surface area contributed by atoms with Crippen LogP contribution >= 0.6 is 0 Å². The summed E-state index contributed by atoms with van der Waals surface area (Å²) in [6.45, 7) is 3.09. The van der Waals surface area contributed by atoms with E-state index in [0.29, 0.717) is 6.04 Å². The summed E-state index contributed by atoms with van der Waals surface area (Å²) in [6, 6.07) is 0.346. The van der Waals surface area contributed by atoms with Crippen molar-refractivity contribution in [2.24, 2.45) is 5.92 Å². The molecule has 0 saturated heterocycles. The van der Waals surface area contributed by atoms with E-state index in [4.69, 9.17) is 6.42 Å². The van der Waals surface area contributed by atoms with Gasteiger partial charge in [-0.25, -0.2) is 0 Å². The lowest BCUT2D eigenvalue weighted by molar-refractivity contribution is 0.267. The van der Waals surface area contributed by atoms with Crippen LogP contribution in [0.15, 0.2) is 0 Å². The number of hydrogen-bond donors (Lipinski definition) is 1. The third-order valence-electron chi connectivity index (χ3n) is 2.22. The van der Waals surface area contributed by atoms with E-state index in [-0.39, 0.29) is 0 Å². The first kappa shape index (κ1) is 7.63. The fraction of sp³-hybridized carbons (Fsp3) is 0.778. The Morgan fingerprint density at radius 3 is 2.70 bits per heavy atom. The van der Waals surface area contributed by atoms with Gasteiger partial charge in [0.05, 0.1) is 6.04 Å². The first-order valence-electron chi connectivity index (χ1n) is 4.08. The van der Waals surface area contributed by atoms with Crippen LogP contribution in [0.25, 0.3) is 0 Å². The maximum absolute atomic E-state index is 5.36. The second-order valence-corrected chi connectivity index (χ2v) is 2.89. The molecule has 1 nitrogen and oxygen atoms in total. The third kappa shape index (κ3) is 1.52. The highest BCUT2D eigenvalue weighted by atomic mass is 14.9. The van der Waals surface area contributed by atoms with Crippen LogP contribution in [0.2, 0.25) is 0 Å². The van der Waals surface area contributed by atoms with Gasteiger partial charge in [-0.1, -0.05) is 19.3 Å². The second kappa shape index (κ2) is 3.63. The lowest BCUT2D eigenvalue weighted by Gasteiger charge is -2.30. The van der Waals surface area contributed by atoms with E-state index in [9.17, 15) is 0 Å². The Balaban J connectivity index is 2.26. The Kier molecular flexibility index (Phi) is 2.77. The predicted octanol–water partition coefficient (Wildman–Crippen LogP) is 1.40. The summed E-state index contributed by atoms with van der Waals surface area (Å²) in [6.07, 6.45) is 9.37. The average molecular weight is 137 g/mol. The van der Waals surface area contributed by atoms with Crippen LogP contribution in [0, 0.1) is 18.3 Å². The molecule has 1 aliphatic rings. The molecule has 10 heavy (non-hydrogen) atoms. The van der Waals surface area contributed by atoms with Gasteiger partial charge >= 0.3 is 0 Å². The molecule has 1 heteroatoms. The Hall–Kier alpha value is -0.480. The van der Waals surface area contributed by atoms with Gasteiger partial charge in [-0.05, 0) is 25.3 Å². The zero-order valence-electron chi connectivity index (χ0n) is 6.56. The summed E-state index contributed by atoms with van der Waals surface area (Å²) < 4.78 is 0. The van der Waals surface area contributed by atoms with Gasteiger partial charge in [-0.15, -0.1) is 6.42 Å². The summed E-state index contributed by atoms with van der Waals surface area (Å²) >= 11 is 0. The fourth-order valence-electron chi connectivity index (χ4n) is 1.35. The molecule has 0 amide bonds. The molecule has 56 valence electrons. The molecule has 0 aromatic carbocycles. The van der Waals surface area contributed by atoms with E-state index in [1.54, 1.807) is 0 Å². The van der Waals surface area contributed by atoms with Gasteiger partial charge in [0, 0.05) is 0 Å². The van der Waals surface area contributed by atoms with Crippen LogP contribution in [-0.4, -0.2) is 12.6 Å². The monoisotopic (exact) mass is 137 g/mol. The van der Waals surface area contributed by atoms with Crippen LogP contribution in [0.4, 0.5) is 0 Å². The zero-order chi connectivity index (χ0) is 7.40. The van der Waals surface area contributed by atoms with Gasteiger partial charge < -0.3 is 5.32 Å². The molecule has 1 aliphatic carbocycles. The second-order valence-electron chi connectivity index (χ2n) is 2.89. The molecule has 1 N–H and O–H groups in total. The minimum absolute atomic E-state index is 0.346. The van der Waals surface area contributed by atoms with E-state index in [0.717, 1.165) is 12.5 Å². The molecular formula is C9H15N. The molecule has 0 aromatic heterocycles.